The van der Waals surface area contributed by atoms with Gasteiger partial charge >= 0.3 is 11.9 Å². The molecule has 0 heterocycles. The number of primary amides is 2. The van der Waals surface area contributed by atoms with E-state index in [2.05, 4.69) is 5.32 Å². The van der Waals surface area contributed by atoms with E-state index < -0.39 is 41.8 Å². The summed E-state index contributed by atoms with van der Waals surface area (Å²) in [5.74, 6) is -2.93. The van der Waals surface area contributed by atoms with E-state index in [0.717, 1.165) is 21.9 Å². The summed E-state index contributed by atoms with van der Waals surface area (Å²) in [6, 6.07) is 28.4. The highest BCUT2D eigenvalue weighted by atomic mass is 16.5. The number of benzene rings is 4. The lowest BCUT2D eigenvalue weighted by Crippen LogP contribution is -2.44. The van der Waals surface area contributed by atoms with Crippen LogP contribution in [-0.2, 0) is 48.1 Å². The highest BCUT2D eigenvalue weighted by Crippen LogP contribution is 2.20. The van der Waals surface area contributed by atoms with Crippen LogP contribution in [0.3, 0.4) is 0 Å². The van der Waals surface area contributed by atoms with Gasteiger partial charge in [-0.2, -0.15) is 0 Å². The molecule has 0 aromatic heterocycles. The Kier molecular flexibility index (Phi) is 12.6. The van der Waals surface area contributed by atoms with Crippen molar-refractivity contribution in [2.24, 2.45) is 11.5 Å². The average Bonchev–Trinajstić information content (AvgIpc) is 3.06. The molecule has 2 atom stereocenters. The third-order valence-electron chi connectivity index (χ3n) is 7.60. The Morgan fingerprint density at radius 1 is 0.723 bits per heavy atom. The van der Waals surface area contributed by atoms with Crippen LogP contribution < -0.4 is 16.8 Å². The van der Waals surface area contributed by atoms with Gasteiger partial charge < -0.3 is 26.3 Å². The van der Waals surface area contributed by atoms with E-state index in [0.29, 0.717) is 5.56 Å². The summed E-state index contributed by atoms with van der Waals surface area (Å²) in [6.07, 6.45) is -0.320. The van der Waals surface area contributed by atoms with Crippen LogP contribution in [-0.4, -0.2) is 41.8 Å². The molecule has 0 unspecified atom stereocenters. The predicted molar refractivity (Wildman–Crippen MR) is 177 cm³/mol. The van der Waals surface area contributed by atoms with Crippen LogP contribution >= 0.6 is 0 Å². The van der Waals surface area contributed by atoms with E-state index in [9.17, 15) is 24.0 Å². The smallest absolute Gasteiger partial charge is 0.328 e. The molecule has 47 heavy (non-hydrogen) atoms. The third kappa shape index (κ3) is 11.1. The number of ether oxygens (including phenoxy) is 2. The number of carbonyl (C=O) groups excluding carboxylic acids is 5. The van der Waals surface area contributed by atoms with Crippen molar-refractivity contribution in [1.82, 2.24) is 5.32 Å². The number of hydrogen-bond donors (Lipinski definition) is 3. The average molecular weight is 638 g/mol. The van der Waals surface area contributed by atoms with Crippen LogP contribution in [0.2, 0.25) is 0 Å². The first kappa shape index (κ1) is 34.4. The van der Waals surface area contributed by atoms with E-state index >= 15 is 0 Å². The molecule has 10 nitrogen and oxygen atoms in total. The number of fused-ring (bicyclic) bond motifs is 1. The fourth-order valence-corrected chi connectivity index (χ4v) is 5.22. The van der Waals surface area contributed by atoms with E-state index in [1.807, 2.05) is 72.8 Å². The Bertz CT molecular complexity index is 1710. The lowest BCUT2D eigenvalue weighted by molar-refractivity contribution is -0.153. The zero-order chi connectivity index (χ0) is 33.6. The Labute approximate surface area is 273 Å². The molecule has 0 saturated heterocycles. The molecule has 244 valence electrons. The number of carbonyl (C=O) groups is 5. The minimum Gasteiger partial charge on any atom is -0.461 e. The fourth-order valence-electron chi connectivity index (χ4n) is 5.22. The topological polar surface area (TPSA) is 168 Å². The maximum absolute atomic E-state index is 13.6. The normalized spacial score (nSPS) is 12.1. The fraction of sp³-hybridized carbons (Fsp3) is 0.270. The molecule has 10 heteroatoms. The summed E-state index contributed by atoms with van der Waals surface area (Å²) < 4.78 is 11.2. The summed E-state index contributed by atoms with van der Waals surface area (Å²) in [6.45, 7) is 0.119. The third-order valence-corrected chi connectivity index (χ3v) is 7.60. The van der Waals surface area contributed by atoms with Crippen molar-refractivity contribution in [2.45, 2.75) is 63.7 Å². The highest BCUT2D eigenvalue weighted by molar-refractivity contribution is 5.98. The van der Waals surface area contributed by atoms with Crippen LogP contribution in [0.1, 0.15) is 59.2 Å². The summed E-state index contributed by atoms with van der Waals surface area (Å²) in [4.78, 5) is 62.9. The van der Waals surface area contributed by atoms with E-state index in [4.69, 9.17) is 20.9 Å². The highest BCUT2D eigenvalue weighted by Gasteiger charge is 2.28. The van der Waals surface area contributed by atoms with E-state index in [1.165, 1.54) is 0 Å². The number of nitrogens with one attached hydrogen (secondary N) is 1. The zero-order valence-corrected chi connectivity index (χ0v) is 26.1. The maximum atomic E-state index is 13.6. The first-order chi connectivity index (χ1) is 22.7. The molecule has 3 amide bonds. The summed E-state index contributed by atoms with van der Waals surface area (Å²) in [5, 5.41) is 4.78. The van der Waals surface area contributed by atoms with Crippen molar-refractivity contribution in [3.05, 3.63) is 119 Å². The van der Waals surface area contributed by atoms with Gasteiger partial charge in [-0.15, -0.1) is 0 Å². The summed E-state index contributed by atoms with van der Waals surface area (Å²) in [7, 11) is 0. The number of amides is 3. The van der Waals surface area contributed by atoms with Crippen molar-refractivity contribution in [2.75, 3.05) is 0 Å². The van der Waals surface area contributed by atoms with Crippen molar-refractivity contribution in [1.29, 1.82) is 0 Å². The first-order valence-corrected chi connectivity index (χ1v) is 15.5. The van der Waals surface area contributed by atoms with E-state index in [1.54, 1.807) is 24.3 Å². The molecular weight excluding hydrogens is 598 g/mol. The van der Waals surface area contributed by atoms with E-state index in [-0.39, 0.29) is 57.1 Å². The minimum atomic E-state index is -1.15. The second-order valence-corrected chi connectivity index (χ2v) is 11.3. The van der Waals surface area contributed by atoms with Gasteiger partial charge in [-0.05, 0) is 52.8 Å². The molecule has 0 bridgehead atoms. The van der Waals surface area contributed by atoms with Gasteiger partial charge in [0, 0.05) is 24.8 Å². The minimum absolute atomic E-state index is 0.00346. The standard InChI is InChI=1S/C37H39N3O7/c38-33(41)20-19-28-12-6-7-14-31(28)36(44)40-32(15-8-16-35(43)46-24-25-9-2-1-3-10-25)37(45)47-30(23-34(39)42)22-26-17-18-27-11-4-5-13-29(27)21-26/h1-7,9-14,17-18,21,30,32H,8,15-16,19-20,22-24H2,(H2,38,41)(H2,39,42)(H,40,44)/t30-,32-/m0/s1. The van der Waals surface area contributed by atoms with Crippen LogP contribution in [0.15, 0.2) is 97.1 Å². The Balaban J connectivity index is 1.47. The van der Waals surface area contributed by atoms with Gasteiger partial charge in [-0.1, -0.05) is 91.0 Å². The van der Waals surface area contributed by atoms with Gasteiger partial charge in [0.1, 0.15) is 18.8 Å². The molecular formula is C37H39N3O7. The molecule has 0 spiro atoms. The van der Waals surface area contributed by atoms with Gasteiger partial charge in [0.2, 0.25) is 11.8 Å². The van der Waals surface area contributed by atoms with Gasteiger partial charge in [0.15, 0.2) is 0 Å². The number of nitrogens with two attached hydrogens (primary N) is 2. The first-order valence-electron chi connectivity index (χ1n) is 15.5. The number of esters is 2. The molecule has 5 N–H and O–H groups in total. The maximum Gasteiger partial charge on any atom is 0.328 e. The van der Waals surface area contributed by atoms with Crippen molar-refractivity contribution in [3.8, 4) is 0 Å². The van der Waals surface area contributed by atoms with Gasteiger partial charge in [0.05, 0.1) is 6.42 Å². The number of rotatable bonds is 17. The number of hydrogen-bond acceptors (Lipinski definition) is 7. The molecule has 0 fully saturated rings. The molecule has 0 saturated carbocycles. The zero-order valence-electron chi connectivity index (χ0n) is 26.1. The lowest BCUT2D eigenvalue weighted by atomic mass is 10.0. The molecule has 4 aromatic carbocycles. The van der Waals surface area contributed by atoms with Gasteiger partial charge in [0.25, 0.3) is 5.91 Å². The predicted octanol–water partition coefficient (Wildman–Crippen LogP) is 4.30. The molecule has 4 aromatic rings. The van der Waals surface area contributed by atoms with Crippen LogP contribution in [0.5, 0.6) is 0 Å². The Hall–Kier alpha value is -5.51. The van der Waals surface area contributed by atoms with Crippen molar-refractivity contribution < 1.29 is 33.4 Å². The molecule has 0 radical (unpaired) electrons. The summed E-state index contributed by atoms with van der Waals surface area (Å²) >= 11 is 0. The SMILES string of the molecule is NC(=O)CCc1ccccc1C(=O)N[C@@H](CCCC(=O)OCc1ccccc1)C(=O)O[C@H](CC(N)=O)Cc1ccc2ccccc2c1. The van der Waals surface area contributed by atoms with Crippen LogP contribution in [0.4, 0.5) is 0 Å². The van der Waals surface area contributed by atoms with Crippen LogP contribution in [0.25, 0.3) is 10.8 Å². The number of aryl methyl sites for hydroxylation is 1. The van der Waals surface area contributed by atoms with Crippen LogP contribution in [0, 0.1) is 0 Å². The van der Waals surface area contributed by atoms with Gasteiger partial charge in [-0.25, -0.2) is 4.79 Å². The summed E-state index contributed by atoms with van der Waals surface area (Å²) in [5.41, 5.74) is 13.4. The molecule has 0 aliphatic carbocycles. The Morgan fingerprint density at radius 3 is 2.17 bits per heavy atom. The quantitative estimate of drug-likeness (QED) is 0.145. The van der Waals surface area contributed by atoms with Crippen molar-refractivity contribution >= 4 is 40.4 Å². The van der Waals surface area contributed by atoms with Gasteiger partial charge in [-0.3, -0.25) is 19.2 Å². The largest absolute Gasteiger partial charge is 0.461 e. The second-order valence-electron chi connectivity index (χ2n) is 11.3. The molecule has 4 rings (SSSR count). The monoisotopic (exact) mass is 637 g/mol. The Morgan fingerprint density at radius 2 is 1.43 bits per heavy atom. The molecule has 0 aliphatic heterocycles. The van der Waals surface area contributed by atoms with Crippen molar-refractivity contribution in [3.63, 3.8) is 0 Å². The lowest BCUT2D eigenvalue weighted by Gasteiger charge is -2.23. The molecule has 0 aliphatic rings. The second kappa shape index (κ2) is 17.3.